The van der Waals surface area contributed by atoms with Crippen molar-refractivity contribution in [2.45, 2.75) is 18.9 Å². The van der Waals surface area contributed by atoms with Gasteiger partial charge in [-0.1, -0.05) is 0 Å². The van der Waals surface area contributed by atoms with Crippen LogP contribution in [0.5, 0.6) is 11.5 Å². The number of nitrogens with zero attached hydrogens (tertiary/aromatic N) is 1. The average Bonchev–Trinajstić information content (AvgIpc) is 3.04. The van der Waals surface area contributed by atoms with Gasteiger partial charge in [-0.05, 0) is 42.8 Å². The molecule has 2 amide bonds. The molecule has 6 nitrogen and oxygen atoms in total. The van der Waals surface area contributed by atoms with E-state index in [1.807, 2.05) is 0 Å². The van der Waals surface area contributed by atoms with Crippen LogP contribution in [0.1, 0.15) is 12.8 Å². The lowest BCUT2D eigenvalue weighted by molar-refractivity contribution is -0.120. The second-order valence-corrected chi connectivity index (χ2v) is 5.85. The molecule has 1 atom stereocenters. The second kappa shape index (κ2) is 7.43. The van der Waals surface area contributed by atoms with Crippen LogP contribution in [0.15, 0.2) is 42.5 Å². The van der Waals surface area contributed by atoms with E-state index >= 15 is 0 Å². The number of hydrogen-bond donors (Lipinski definition) is 1. The number of anilines is 2. The monoisotopic (exact) mass is 358 g/mol. The van der Waals surface area contributed by atoms with E-state index in [-0.39, 0.29) is 18.2 Å². The maximum Gasteiger partial charge on any atom is 0.247 e. The molecule has 1 aliphatic rings. The number of rotatable bonds is 5. The van der Waals surface area contributed by atoms with Gasteiger partial charge in [-0.2, -0.15) is 0 Å². The molecule has 0 radical (unpaired) electrons. The molecule has 0 aliphatic carbocycles. The molecule has 1 unspecified atom stereocenters. The fourth-order valence-corrected chi connectivity index (χ4v) is 3.00. The highest BCUT2D eigenvalue weighted by Crippen LogP contribution is 2.31. The molecule has 2 aromatic rings. The molecule has 26 heavy (non-hydrogen) atoms. The summed E-state index contributed by atoms with van der Waals surface area (Å²) in [5, 5.41) is 2.80. The van der Waals surface area contributed by atoms with E-state index in [1.54, 1.807) is 18.2 Å². The maximum absolute atomic E-state index is 13.1. The minimum atomic E-state index is -0.652. The van der Waals surface area contributed by atoms with Crippen molar-refractivity contribution in [3.05, 3.63) is 48.3 Å². The number of benzene rings is 2. The highest BCUT2D eigenvalue weighted by atomic mass is 19.1. The van der Waals surface area contributed by atoms with Gasteiger partial charge in [-0.25, -0.2) is 4.39 Å². The molecule has 0 aromatic heterocycles. The molecular weight excluding hydrogens is 339 g/mol. The van der Waals surface area contributed by atoms with E-state index in [9.17, 15) is 14.0 Å². The van der Waals surface area contributed by atoms with Crippen LogP contribution in [0.25, 0.3) is 0 Å². The maximum atomic E-state index is 13.1. The summed E-state index contributed by atoms with van der Waals surface area (Å²) in [6.45, 7) is 0. The first-order valence-electron chi connectivity index (χ1n) is 8.14. The number of nitrogens with one attached hydrogen (secondary N) is 1. The van der Waals surface area contributed by atoms with Crippen LogP contribution in [0.2, 0.25) is 0 Å². The van der Waals surface area contributed by atoms with Crippen molar-refractivity contribution in [1.29, 1.82) is 0 Å². The van der Waals surface area contributed by atoms with Crippen molar-refractivity contribution in [3.8, 4) is 11.5 Å². The van der Waals surface area contributed by atoms with Crippen LogP contribution in [-0.4, -0.2) is 32.1 Å². The van der Waals surface area contributed by atoms with Crippen molar-refractivity contribution in [1.82, 2.24) is 0 Å². The van der Waals surface area contributed by atoms with Gasteiger partial charge in [-0.15, -0.1) is 0 Å². The number of carbonyl (C=O) groups excluding carboxylic acids is 2. The highest BCUT2D eigenvalue weighted by Gasteiger charge is 2.37. The summed E-state index contributed by atoms with van der Waals surface area (Å²) in [5.41, 5.74) is 1.03. The number of methoxy groups -OCH3 is 2. The molecule has 0 bridgehead atoms. The summed E-state index contributed by atoms with van der Waals surface area (Å²) in [7, 11) is 3.04. The van der Waals surface area contributed by atoms with Crippen LogP contribution in [0.4, 0.5) is 15.8 Å². The Hall–Kier alpha value is -3.09. The van der Waals surface area contributed by atoms with Crippen LogP contribution in [0.3, 0.4) is 0 Å². The third-order valence-electron chi connectivity index (χ3n) is 4.27. The van der Waals surface area contributed by atoms with Crippen molar-refractivity contribution < 1.29 is 23.5 Å². The average molecular weight is 358 g/mol. The summed E-state index contributed by atoms with van der Waals surface area (Å²) in [5.74, 6) is 0.167. The van der Waals surface area contributed by atoms with Gasteiger partial charge in [0.15, 0.2) is 11.5 Å². The zero-order valence-electron chi connectivity index (χ0n) is 14.5. The van der Waals surface area contributed by atoms with Crippen LogP contribution < -0.4 is 19.7 Å². The van der Waals surface area contributed by atoms with Gasteiger partial charge in [-0.3, -0.25) is 14.5 Å². The standard InChI is InChI=1S/C19H19FN2O4/c1-25-16-9-5-13(11-17(16)26-2)21-19(24)15-8-10-18(23)22(15)14-6-3-12(20)4-7-14/h3-7,9,11,15H,8,10H2,1-2H3,(H,21,24). The Morgan fingerprint density at radius 2 is 1.81 bits per heavy atom. The molecule has 1 aliphatic heterocycles. The Kier molecular flexibility index (Phi) is 5.06. The summed E-state index contributed by atoms with van der Waals surface area (Å²) in [6.07, 6.45) is 0.663. The Labute approximate surface area is 150 Å². The number of carbonyl (C=O) groups is 2. The molecule has 1 fully saturated rings. The fraction of sp³-hybridized carbons (Fsp3) is 0.263. The zero-order chi connectivity index (χ0) is 18.7. The molecule has 1 heterocycles. The predicted molar refractivity (Wildman–Crippen MR) is 95.1 cm³/mol. The van der Waals surface area contributed by atoms with Gasteiger partial charge in [0.25, 0.3) is 0 Å². The number of halogens is 1. The third-order valence-corrected chi connectivity index (χ3v) is 4.27. The molecule has 1 N–H and O–H groups in total. The lowest BCUT2D eigenvalue weighted by Gasteiger charge is -2.24. The third kappa shape index (κ3) is 3.46. The fourth-order valence-electron chi connectivity index (χ4n) is 3.00. The molecule has 136 valence electrons. The van der Waals surface area contributed by atoms with E-state index in [1.165, 1.54) is 43.4 Å². The van der Waals surface area contributed by atoms with Gasteiger partial charge in [0.1, 0.15) is 11.9 Å². The Morgan fingerprint density at radius 1 is 1.12 bits per heavy atom. The Bertz CT molecular complexity index is 823. The predicted octanol–water partition coefficient (Wildman–Crippen LogP) is 2.98. The number of ether oxygens (including phenoxy) is 2. The van der Waals surface area contributed by atoms with Crippen molar-refractivity contribution in [2.24, 2.45) is 0 Å². The molecule has 1 saturated heterocycles. The quantitative estimate of drug-likeness (QED) is 0.892. The van der Waals surface area contributed by atoms with Crippen molar-refractivity contribution in [2.75, 3.05) is 24.4 Å². The lowest BCUT2D eigenvalue weighted by atomic mass is 10.1. The minimum Gasteiger partial charge on any atom is -0.493 e. The second-order valence-electron chi connectivity index (χ2n) is 5.85. The topological polar surface area (TPSA) is 67.9 Å². The van der Waals surface area contributed by atoms with Crippen LogP contribution in [0, 0.1) is 5.82 Å². The minimum absolute atomic E-state index is 0.163. The molecular formula is C19H19FN2O4. The highest BCUT2D eigenvalue weighted by molar-refractivity contribution is 6.07. The zero-order valence-corrected chi connectivity index (χ0v) is 14.5. The summed E-state index contributed by atoms with van der Waals surface area (Å²) in [6, 6.07) is 9.90. The molecule has 3 rings (SSSR count). The van der Waals surface area contributed by atoms with Crippen molar-refractivity contribution >= 4 is 23.2 Å². The first-order valence-corrected chi connectivity index (χ1v) is 8.14. The first-order chi connectivity index (χ1) is 12.5. The Morgan fingerprint density at radius 3 is 2.46 bits per heavy atom. The normalized spacial score (nSPS) is 16.5. The number of hydrogen-bond acceptors (Lipinski definition) is 4. The van der Waals surface area contributed by atoms with Crippen LogP contribution >= 0.6 is 0 Å². The van der Waals surface area contributed by atoms with Crippen LogP contribution in [-0.2, 0) is 9.59 Å². The van der Waals surface area contributed by atoms with E-state index in [4.69, 9.17) is 9.47 Å². The van der Waals surface area contributed by atoms with E-state index in [0.717, 1.165) is 0 Å². The molecule has 0 spiro atoms. The summed E-state index contributed by atoms with van der Waals surface area (Å²) in [4.78, 5) is 26.4. The smallest absolute Gasteiger partial charge is 0.247 e. The first kappa shape index (κ1) is 17.7. The van der Waals surface area contributed by atoms with E-state index < -0.39 is 11.9 Å². The molecule has 0 saturated carbocycles. The molecule has 2 aromatic carbocycles. The van der Waals surface area contributed by atoms with E-state index in [0.29, 0.717) is 29.3 Å². The van der Waals surface area contributed by atoms with Gasteiger partial charge in [0, 0.05) is 23.9 Å². The van der Waals surface area contributed by atoms with E-state index in [2.05, 4.69) is 5.32 Å². The Balaban J connectivity index is 1.80. The van der Waals surface area contributed by atoms with Gasteiger partial charge in [0.2, 0.25) is 11.8 Å². The number of amides is 2. The van der Waals surface area contributed by atoms with Crippen molar-refractivity contribution in [3.63, 3.8) is 0 Å². The summed E-state index contributed by atoms with van der Waals surface area (Å²) < 4.78 is 23.5. The largest absolute Gasteiger partial charge is 0.493 e. The van der Waals surface area contributed by atoms with Gasteiger partial charge in [0.05, 0.1) is 14.2 Å². The molecule has 7 heteroatoms. The summed E-state index contributed by atoms with van der Waals surface area (Å²) >= 11 is 0. The lowest BCUT2D eigenvalue weighted by Crippen LogP contribution is -2.41. The SMILES string of the molecule is COc1ccc(NC(=O)C2CCC(=O)N2c2ccc(F)cc2)cc1OC. The van der Waals surface area contributed by atoms with Gasteiger partial charge < -0.3 is 14.8 Å². The van der Waals surface area contributed by atoms with Gasteiger partial charge >= 0.3 is 0 Å².